The third-order valence-corrected chi connectivity index (χ3v) is 6.43. The SMILES string of the molecule is CC(CS(=O)(=O)NCc1sccc1Br)c1ccccc1. The minimum atomic E-state index is -3.29. The molecular formula is C14H16BrNO2S2. The normalized spacial score (nSPS) is 13.3. The van der Waals surface area contributed by atoms with Crippen LogP contribution in [0, 0.1) is 0 Å². The lowest BCUT2D eigenvalue weighted by atomic mass is 10.0. The molecule has 0 aliphatic carbocycles. The molecule has 0 bridgehead atoms. The molecule has 6 heteroatoms. The van der Waals surface area contributed by atoms with Crippen LogP contribution in [-0.2, 0) is 16.6 Å². The van der Waals surface area contributed by atoms with E-state index < -0.39 is 10.0 Å². The van der Waals surface area contributed by atoms with Crippen molar-refractivity contribution in [3.8, 4) is 0 Å². The van der Waals surface area contributed by atoms with Crippen molar-refractivity contribution in [2.45, 2.75) is 19.4 Å². The summed E-state index contributed by atoms with van der Waals surface area (Å²) in [5.41, 5.74) is 1.04. The molecule has 0 saturated heterocycles. The van der Waals surface area contributed by atoms with E-state index in [-0.39, 0.29) is 11.7 Å². The van der Waals surface area contributed by atoms with E-state index in [1.807, 2.05) is 48.7 Å². The average molecular weight is 374 g/mol. The van der Waals surface area contributed by atoms with Gasteiger partial charge >= 0.3 is 0 Å². The highest BCUT2D eigenvalue weighted by atomic mass is 79.9. The molecule has 3 nitrogen and oxygen atoms in total. The molecule has 1 aromatic carbocycles. The molecule has 1 N–H and O–H groups in total. The summed E-state index contributed by atoms with van der Waals surface area (Å²) < 4.78 is 27.8. The van der Waals surface area contributed by atoms with Crippen molar-refractivity contribution >= 4 is 37.3 Å². The average Bonchev–Trinajstić information content (AvgIpc) is 2.83. The van der Waals surface area contributed by atoms with Crippen molar-refractivity contribution in [3.63, 3.8) is 0 Å². The topological polar surface area (TPSA) is 46.2 Å². The molecule has 20 heavy (non-hydrogen) atoms. The minimum Gasteiger partial charge on any atom is -0.212 e. The maximum absolute atomic E-state index is 12.1. The second-order valence-electron chi connectivity index (χ2n) is 4.61. The summed E-state index contributed by atoms with van der Waals surface area (Å²) in [6.45, 7) is 2.26. The van der Waals surface area contributed by atoms with E-state index in [0.717, 1.165) is 14.9 Å². The molecule has 0 aliphatic heterocycles. The van der Waals surface area contributed by atoms with Gasteiger partial charge in [0.15, 0.2) is 0 Å². The van der Waals surface area contributed by atoms with Crippen LogP contribution >= 0.6 is 27.3 Å². The first-order valence-electron chi connectivity index (χ1n) is 6.22. The lowest BCUT2D eigenvalue weighted by Crippen LogP contribution is -2.28. The van der Waals surface area contributed by atoms with Crippen molar-refractivity contribution in [3.05, 3.63) is 56.7 Å². The van der Waals surface area contributed by atoms with Crippen LogP contribution in [0.15, 0.2) is 46.3 Å². The van der Waals surface area contributed by atoms with Crippen molar-refractivity contribution < 1.29 is 8.42 Å². The molecule has 0 radical (unpaired) electrons. The monoisotopic (exact) mass is 373 g/mol. The molecule has 1 unspecified atom stereocenters. The molecule has 1 heterocycles. The van der Waals surface area contributed by atoms with Gasteiger partial charge in [-0.1, -0.05) is 37.3 Å². The van der Waals surface area contributed by atoms with Gasteiger partial charge in [-0.25, -0.2) is 13.1 Å². The second kappa shape index (κ2) is 6.85. The summed E-state index contributed by atoms with van der Waals surface area (Å²) in [4.78, 5) is 0.987. The molecule has 1 atom stereocenters. The van der Waals surface area contributed by atoms with Crippen LogP contribution in [0.4, 0.5) is 0 Å². The highest BCUT2D eigenvalue weighted by molar-refractivity contribution is 9.10. The van der Waals surface area contributed by atoms with Gasteiger partial charge in [0.2, 0.25) is 10.0 Å². The molecule has 0 amide bonds. The standard InChI is InChI=1S/C14H16BrNO2S2/c1-11(12-5-3-2-4-6-12)10-20(17,18)16-9-14-13(15)7-8-19-14/h2-8,11,16H,9-10H2,1H3. The van der Waals surface area contributed by atoms with E-state index >= 15 is 0 Å². The van der Waals surface area contributed by atoms with Gasteiger partial charge in [0.25, 0.3) is 0 Å². The van der Waals surface area contributed by atoms with Crippen LogP contribution < -0.4 is 4.72 Å². The van der Waals surface area contributed by atoms with Crippen LogP contribution in [0.5, 0.6) is 0 Å². The summed E-state index contributed by atoms with van der Waals surface area (Å²) in [6.07, 6.45) is 0. The van der Waals surface area contributed by atoms with Crippen molar-refractivity contribution in [2.24, 2.45) is 0 Å². The van der Waals surface area contributed by atoms with Gasteiger partial charge < -0.3 is 0 Å². The number of hydrogen-bond acceptors (Lipinski definition) is 3. The highest BCUT2D eigenvalue weighted by Crippen LogP contribution is 2.23. The summed E-state index contributed by atoms with van der Waals surface area (Å²) in [7, 11) is -3.29. The first-order valence-corrected chi connectivity index (χ1v) is 9.54. The van der Waals surface area contributed by atoms with Crippen molar-refractivity contribution in [1.29, 1.82) is 0 Å². The molecule has 0 saturated carbocycles. The largest absolute Gasteiger partial charge is 0.212 e. The van der Waals surface area contributed by atoms with Crippen LogP contribution in [0.3, 0.4) is 0 Å². The van der Waals surface area contributed by atoms with Gasteiger partial charge in [-0.3, -0.25) is 0 Å². The zero-order valence-corrected chi connectivity index (χ0v) is 14.3. The number of thiophene rings is 1. The summed E-state index contributed by atoms with van der Waals surface area (Å²) in [5, 5.41) is 1.93. The number of hydrogen-bond donors (Lipinski definition) is 1. The first-order chi connectivity index (χ1) is 9.48. The van der Waals surface area contributed by atoms with Gasteiger partial charge in [0.05, 0.1) is 5.75 Å². The lowest BCUT2D eigenvalue weighted by molar-refractivity contribution is 0.576. The molecule has 0 spiro atoms. The molecule has 0 fully saturated rings. The number of benzene rings is 1. The molecule has 0 aliphatic rings. The lowest BCUT2D eigenvalue weighted by Gasteiger charge is -2.13. The Kier molecular flexibility index (Phi) is 5.37. The number of sulfonamides is 1. The van der Waals surface area contributed by atoms with Gasteiger partial charge in [0, 0.05) is 15.9 Å². The van der Waals surface area contributed by atoms with E-state index in [4.69, 9.17) is 0 Å². The zero-order chi connectivity index (χ0) is 14.6. The molecule has 2 aromatic rings. The predicted molar refractivity (Wildman–Crippen MR) is 87.5 cm³/mol. The fourth-order valence-electron chi connectivity index (χ4n) is 1.89. The van der Waals surface area contributed by atoms with Gasteiger partial charge in [-0.2, -0.15) is 0 Å². The maximum atomic E-state index is 12.1. The van der Waals surface area contributed by atoms with E-state index in [1.54, 1.807) is 0 Å². The molecule has 2 rings (SSSR count). The number of nitrogens with one attached hydrogen (secondary N) is 1. The Morgan fingerprint density at radius 3 is 2.55 bits per heavy atom. The summed E-state index contributed by atoms with van der Waals surface area (Å²) in [5.74, 6) is 0.0699. The van der Waals surface area contributed by atoms with Crippen molar-refractivity contribution in [2.75, 3.05) is 5.75 Å². The van der Waals surface area contributed by atoms with E-state index in [1.165, 1.54) is 11.3 Å². The van der Waals surface area contributed by atoms with Gasteiger partial charge in [-0.05, 0) is 38.9 Å². The van der Waals surface area contributed by atoms with Gasteiger partial charge in [-0.15, -0.1) is 11.3 Å². The van der Waals surface area contributed by atoms with E-state index in [0.29, 0.717) is 6.54 Å². The van der Waals surface area contributed by atoms with E-state index in [9.17, 15) is 8.42 Å². The molecule has 1 aromatic heterocycles. The Morgan fingerprint density at radius 2 is 1.95 bits per heavy atom. The minimum absolute atomic E-state index is 0.0273. The molecular weight excluding hydrogens is 358 g/mol. The molecule has 108 valence electrons. The van der Waals surface area contributed by atoms with Crippen LogP contribution in [-0.4, -0.2) is 14.2 Å². The van der Waals surface area contributed by atoms with Crippen LogP contribution in [0.2, 0.25) is 0 Å². The maximum Gasteiger partial charge on any atom is 0.212 e. The fourth-order valence-corrected chi connectivity index (χ4v) is 4.75. The Morgan fingerprint density at radius 1 is 1.25 bits per heavy atom. The van der Waals surface area contributed by atoms with E-state index in [2.05, 4.69) is 20.7 Å². The Labute approximate surface area is 132 Å². The number of rotatable bonds is 6. The van der Waals surface area contributed by atoms with Gasteiger partial charge in [0.1, 0.15) is 0 Å². The van der Waals surface area contributed by atoms with Crippen LogP contribution in [0.1, 0.15) is 23.3 Å². The highest BCUT2D eigenvalue weighted by Gasteiger charge is 2.17. The third-order valence-electron chi connectivity index (χ3n) is 2.98. The predicted octanol–water partition coefficient (Wildman–Crippen LogP) is 3.73. The summed E-state index contributed by atoms with van der Waals surface area (Å²) in [6, 6.07) is 11.6. The van der Waals surface area contributed by atoms with Crippen LogP contribution in [0.25, 0.3) is 0 Å². The Balaban J connectivity index is 1.96. The smallest absolute Gasteiger partial charge is 0.212 e. The Bertz CT molecular complexity index is 653. The summed E-state index contributed by atoms with van der Waals surface area (Å²) >= 11 is 4.93. The Hall–Kier alpha value is -0.690. The second-order valence-corrected chi connectivity index (χ2v) is 8.31. The fraction of sp³-hybridized carbons (Fsp3) is 0.286. The number of halogens is 1. The first kappa shape index (κ1) is 15.7. The third kappa shape index (κ3) is 4.41. The zero-order valence-electron chi connectivity index (χ0n) is 11.0. The quantitative estimate of drug-likeness (QED) is 0.838. The van der Waals surface area contributed by atoms with Crippen molar-refractivity contribution in [1.82, 2.24) is 4.72 Å².